The van der Waals surface area contributed by atoms with E-state index in [1.54, 1.807) is 0 Å². The van der Waals surface area contributed by atoms with Gasteiger partial charge in [-0.05, 0) is 64.7 Å². The number of hydrogen-bond donors (Lipinski definition) is 0. The predicted octanol–water partition coefficient (Wildman–Crippen LogP) is 14.9. The van der Waals surface area contributed by atoms with Crippen molar-refractivity contribution in [1.82, 2.24) is 15.0 Å². The quantitative estimate of drug-likeness (QED) is 0.168. The zero-order valence-corrected chi connectivity index (χ0v) is 32.4. The highest BCUT2D eigenvalue weighted by Crippen LogP contribution is 2.46. The van der Waals surface area contributed by atoms with Crippen LogP contribution in [-0.4, -0.2) is 15.0 Å². The molecule has 0 bridgehead atoms. The summed E-state index contributed by atoms with van der Waals surface area (Å²) in [6.07, 6.45) is 0. The Kier molecular flexibility index (Phi) is 7.64. The van der Waals surface area contributed by atoms with Gasteiger partial charge >= 0.3 is 0 Å². The van der Waals surface area contributed by atoms with E-state index in [4.69, 9.17) is 19.4 Å². The second kappa shape index (κ2) is 13.5. The summed E-state index contributed by atoms with van der Waals surface area (Å²) < 4.78 is 9.53. The van der Waals surface area contributed by atoms with Gasteiger partial charge in [0.2, 0.25) is 0 Å². The van der Waals surface area contributed by atoms with Crippen LogP contribution in [0.3, 0.4) is 0 Å². The molecule has 0 aliphatic carbocycles. The molecule has 0 fully saturated rings. The van der Waals surface area contributed by atoms with E-state index < -0.39 is 0 Å². The number of furan rings is 1. The number of benzene rings is 9. The third-order valence-electron chi connectivity index (χ3n) is 11.3. The van der Waals surface area contributed by atoms with Crippen LogP contribution in [0.1, 0.15) is 0 Å². The predicted molar refractivity (Wildman–Crippen MR) is 246 cm³/mol. The molecule has 0 atom stereocenters. The summed E-state index contributed by atoms with van der Waals surface area (Å²) in [4.78, 5) is 17.9. The standard InChI is InChI=1S/C53H32N4OS/c1-3-15-35(16-4-1)51-54-52(36-17-5-2-6-18-36)56-53(55-51)45-31-40(32-46-49(45)43-27-24-34-14-9-10-20-41(34)50(43)58-46)57(38-25-23-33-13-7-8-19-37(33)29-38)39-26-28-48-44(30-39)42-21-11-12-22-47(42)59-48/h1-32H. The number of nitrogens with zero attached hydrogens (tertiary/aromatic N) is 4. The Morgan fingerprint density at radius 3 is 1.76 bits per heavy atom. The summed E-state index contributed by atoms with van der Waals surface area (Å²) in [5.74, 6) is 1.78. The fourth-order valence-corrected chi connectivity index (χ4v) is 9.56. The van der Waals surface area contributed by atoms with Crippen molar-refractivity contribution in [2.45, 2.75) is 0 Å². The van der Waals surface area contributed by atoms with E-state index in [0.717, 1.165) is 71.8 Å². The number of hydrogen-bond acceptors (Lipinski definition) is 6. The molecule has 0 unspecified atom stereocenters. The highest BCUT2D eigenvalue weighted by atomic mass is 32.1. The Morgan fingerprint density at radius 2 is 0.983 bits per heavy atom. The van der Waals surface area contributed by atoms with Crippen LogP contribution in [0.4, 0.5) is 17.1 Å². The molecule has 12 aromatic rings. The summed E-state index contributed by atoms with van der Waals surface area (Å²) in [6.45, 7) is 0. The first kappa shape index (κ1) is 33.5. The first-order valence-electron chi connectivity index (χ1n) is 19.7. The fraction of sp³-hybridized carbons (Fsp3) is 0. The van der Waals surface area contributed by atoms with Crippen molar-refractivity contribution in [3.63, 3.8) is 0 Å². The van der Waals surface area contributed by atoms with Gasteiger partial charge in [0.1, 0.15) is 11.2 Å². The van der Waals surface area contributed by atoms with E-state index in [2.05, 4.69) is 138 Å². The molecule has 3 heterocycles. The molecule has 0 aliphatic rings. The number of thiophene rings is 1. The number of fused-ring (bicyclic) bond motifs is 9. The smallest absolute Gasteiger partial charge is 0.164 e. The number of anilines is 3. The molecule has 276 valence electrons. The van der Waals surface area contributed by atoms with Crippen molar-refractivity contribution < 1.29 is 4.42 Å². The van der Waals surface area contributed by atoms with Crippen LogP contribution < -0.4 is 4.90 Å². The number of rotatable bonds is 6. The molecule has 9 aromatic carbocycles. The van der Waals surface area contributed by atoms with Crippen molar-refractivity contribution in [1.29, 1.82) is 0 Å². The third kappa shape index (κ3) is 5.64. The molecule has 0 amide bonds. The van der Waals surface area contributed by atoms with Gasteiger partial charge in [-0.3, -0.25) is 0 Å². The maximum absolute atomic E-state index is 7.01. The molecule has 12 rings (SSSR count). The van der Waals surface area contributed by atoms with Crippen LogP contribution in [0.15, 0.2) is 199 Å². The maximum Gasteiger partial charge on any atom is 0.164 e. The van der Waals surface area contributed by atoms with E-state index in [1.165, 1.54) is 25.6 Å². The highest BCUT2D eigenvalue weighted by molar-refractivity contribution is 7.25. The van der Waals surface area contributed by atoms with Gasteiger partial charge in [0, 0.05) is 70.5 Å². The topological polar surface area (TPSA) is 55.1 Å². The van der Waals surface area contributed by atoms with E-state index in [1.807, 2.05) is 72.0 Å². The Balaban J connectivity index is 1.18. The Hall–Kier alpha value is -7.67. The summed E-state index contributed by atoms with van der Waals surface area (Å²) in [6, 6.07) is 68.1. The lowest BCUT2D eigenvalue weighted by Crippen LogP contribution is -2.10. The van der Waals surface area contributed by atoms with Crippen LogP contribution in [0.5, 0.6) is 0 Å². The summed E-state index contributed by atoms with van der Waals surface area (Å²) in [5, 5.41) is 8.95. The molecule has 0 saturated carbocycles. The lowest BCUT2D eigenvalue weighted by molar-refractivity contribution is 0.673. The summed E-state index contributed by atoms with van der Waals surface area (Å²) >= 11 is 1.82. The van der Waals surface area contributed by atoms with Crippen molar-refractivity contribution in [2.75, 3.05) is 4.90 Å². The molecule has 59 heavy (non-hydrogen) atoms. The molecule has 6 heteroatoms. The van der Waals surface area contributed by atoms with Crippen molar-refractivity contribution in [2.24, 2.45) is 0 Å². The minimum Gasteiger partial charge on any atom is -0.455 e. The lowest BCUT2D eigenvalue weighted by Gasteiger charge is -2.26. The monoisotopic (exact) mass is 772 g/mol. The SMILES string of the molecule is c1ccc(-c2nc(-c3ccccc3)nc(-c3cc(N(c4ccc5ccccc5c4)c4ccc5sc6ccccc6c5c4)cc4oc5c6ccccc6ccc5c34)n2)cc1. The van der Waals surface area contributed by atoms with Crippen molar-refractivity contribution >= 4 is 92.1 Å². The van der Waals surface area contributed by atoms with Crippen LogP contribution >= 0.6 is 11.3 Å². The molecule has 0 radical (unpaired) electrons. The fourth-order valence-electron chi connectivity index (χ4n) is 8.47. The second-order valence-corrected chi connectivity index (χ2v) is 15.9. The average molecular weight is 773 g/mol. The van der Waals surface area contributed by atoms with Crippen molar-refractivity contribution in [3.8, 4) is 34.2 Å². The molecular formula is C53H32N4OS. The summed E-state index contributed by atoms with van der Waals surface area (Å²) in [5.41, 5.74) is 7.26. The molecule has 0 spiro atoms. The zero-order chi connectivity index (χ0) is 38.9. The summed E-state index contributed by atoms with van der Waals surface area (Å²) in [7, 11) is 0. The molecule has 3 aromatic heterocycles. The van der Waals surface area contributed by atoms with Gasteiger partial charge < -0.3 is 9.32 Å². The zero-order valence-electron chi connectivity index (χ0n) is 31.6. The average Bonchev–Trinajstić information content (AvgIpc) is 3.88. The van der Waals surface area contributed by atoms with Gasteiger partial charge in [-0.1, -0.05) is 140 Å². The number of aromatic nitrogens is 3. The van der Waals surface area contributed by atoms with E-state index >= 15 is 0 Å². The third-order valence-corrected chi connectivity index (χ3v) is 12.4. The Morgan fingerprint density at radius 1 is 0.390 bits per heavy atom. The van der Waals surface area contributed by atoms with Gasteiger partial charge in [0.15, 0.2) is 17.5 Å². The van der Waals surface area contributed by atoms with Gasteiger partial charge in [0.25, 0.3) is 0 Å². The van der Waals surface area contributed by atoms with Gasteiger partial charge in [-0.25, -0.2) is 15.0 Å². The van der Waals surface area contributed by atoms with Crippen LogP contribution in [-0.2, 0) is 0 Å². The van der Waals surface area contributed by atoms with Gasteiger partial charge in [-0.15, -0.1) is 11.3 Å². The Labute approximate surface area is 343 Å². The normalized spacial score (nSPS) is 11.7. The van der Waals surface area contributed by atoms with Gasteiger partial charge in [0.05, 0.1) is 5.69 Å². The molecular weight excluding hydrogens is 741 g/mol. The first-order valence-corrected chi connectivity index (χ1v) is 20.5. The van der Waals surface area contributed by atoms with Crippen molar-refractivity contribution in [3.05, 3.63) is 194 Å². The van der Waals surface area contributed by atoms with Gasteiger partial charge in [-0.2, -0.15) is 0 Å². The van der Waals surface area contributed by atoms with E-state index in [0.29, 0.717) is 17.5 Å². The van der Waals surface area contributed by atoms with E-state index in [-0.39, 0.29) is 0 Å². The largest absolute Gasteiger partial charge is 0.455 e. The lowest BCUT2D eigenvalue weighted by atomic mass is 10.0. The molecule has 0 saturated heterocycles. The Bertz CT molecular complexity index is 3520. The maximum atomic E-state index is 7.01. The van der Waals surface area contributed by atoms with Crippen LogP contribution in [0, 0.1) is 0 Å². The minimum atomic E-state index is 0.568. The second-order valence-electron chi connectivity index (χ2n) is 14.8. The molecule has 0 N–H and O–H groups in total. The van der Waals surface area contributed by atoms with E-state index in [9.17, 15) is 0 Å². The highest BCUT2D eigenvalue weighted by Gasteiger charge is 2.24. The first-order chi connectivity index (χ1) is 29.2. The van der Waals surface area contributed by atoms with Crippen LogP contribution in [0.2, 0.25) is 0 Å². The van der Waals surface area contributed by atoms with Crippen LogP contribution in [0.25, 0.3) is 97.8 Å². The minimum absolute atomic E-state index is 0.568. The molecule has 0 aliphatic heterocycles. The molecule has 5 nitrogen and oxygen atoms in total.